The number of hydrogen-bond donors (Lipinski definition) is 0. The minimum absolute atomic E-state index is 0.333. The lowest BCUT2D eigenvalue weighted by Gasteiger charge is -2.04. The Bertz CT molecular complexity index is 398. The topological polar surface area (TPSA) is 26.3 Å². The highest BCUT2D eigenvalue weighted by Crippen LogP contribution is 2.20. The molecular weight excluding hydrogens is 268 g/mol. The molecule has 0 saturated carbocycles. The minimum Gasteiger partial charge on any atom is -0.463 e. The van der Waals surface area contributed by atoms with Crippen LogP contribution < -0.4 is 0 Å². The summed E-state index contributed by atoms with van der Waals surface area (Å²) in [4.78, 5) is 12.1. The fraction of sp³-hybridized carbons (Fsp3) is 0.471. The van der Waals surface area contributed by atoms with Gasteiger partial charge >= 0.3 is 5.97 Å². The molecule has 0 aliphatic rings. The number of thioether (sulfide) groups is 1. The van der Waals surface area contributed by atoms with Crippen molar-refractivity contribution >= 4 is 17.7 Å². The standard InChI is InChI=1S/C17H24O2S/c1-3-5-8-15-9-11-16(12-10-15)20-14-7-6-13-19-17(18)4-2/h4,9-12H,2-3,5-8,13-14H2,1H3. The summed E-state index contributed by atoms with van der Waals surface area (Å²) in [6, 6.07) is 8.86. The van der Waals surface area contributed by atoms with Gasteiger partial charge in [-0.1, -0.05) is 32.1 Å². The molecule has 0 aromatic heterocycles. The maximum absolute atomic E-state index is 10.8. The average Bonchev–Trinajstić information content (AvgIpc) is 2.49. The second-order valence-corrected chi connectivity index (χ2v) is 5.84. The lowest BCUT2D eigenvalue weighted by molar-refractivity contribution is -0.137. The monoisotopic (exact) mass is 292 g/mol. The zero-order valence-electron chi connectivity index (χ0n) is 12.3. The molecule has 20 heavy (non-hydrogen) atoms. The molecule has 0 bridgehead atoms. The first-order chi connectivity index (χ1) is 9.76. The smallest absolute Gasteiger partial charge is 0.330 e. The first-order valence-corrected chi connectivity index (χ1v) is 8.25. The van der Waals surface area contributed by atoms with Crippen LogP contribution in [0.5, 0.6) is 0 Å². The van der Waals surface area contributed by atoms with Gasteiger partial charge in [0.15, 0.2) is 0 Å². The number of esters is 1. The number of carbonyl (C=O) groups is 1. The molecule has 0 N–H and O–H groups in total. The van der Waals surface area contributed by atoms with E-state index in [1.807, 2.05) is 11.8 Å². The molecule has 1 rings (SSSR count). The zero-order chi connectivity index (χ0) is 14.6. The van der Waals surface area contributed by atoms with Gasteiger partial charge in [-0.3, -0.25) is 0 Å². The van der Waals surface area contributed by atoms with E-state index >= 15 is 0 Å². The quantitative estimate of drug-likeness (QED) is 0.272. The van der Waals surface area contributed by atoms with Gasteiger partial charge in [-0.15, -0.1) is 11.8 Å². The van der Waals surface area contributed by atoms with E-state index in [9.17, 15) is 4.79 Å². The third-order valence-electron chi connectivity index (χ3n) is 2.96. The summed E-state index contributed by atoms with van der Waals surface area (Å²) in [5.41, 5.74) is 1.42. The summed E-state index contributed by atoms with van der Waals surface area (Å²) < 4.78 is 4.93. The Morgan fingerprint density at radius 1 is 1.25 bits per heavy atom. The van der Waals surface area contributed by atoms with Crippen LogP contribution in [0.3, 0.4) is 0 Å². The van der Waals surface area contributed by atoms with E-state index in [0.29, 0.717) is 6.61 Å². The molecule has 0 saturated heterocycles. The van der Waals surface area contributed by atoms with Gasteiger partial charge < -0.3 is 4.74 Å². The summed E-state index contributed by atoms with van der Waals surface area (Å²) in [6.07, 6.45) is 6.83. The molecule has 0 atom stereocenters. The van der Waals surface area contributed by atoms with E-state index in [0.717, 1.165) is 18.6 Å². The van der Waals surface area contributed by atoms with Crippen LogP contribution in [0.1, 0.15) is 38.2 Å². The predicted molar refractivity (Wildman–Crippen MR) is 86.2 cm³/mol. The molecule has 1 aromatic carbocycles. The Morgan fingerprint density at radius 2 is 2.00 bits per heavy atom. The lowest BCUT2D eigenvalue weighted by atomic mass is 10.1. The van der Waals surface area contributed by atoms with Crippen LogP contribution in [0.2, 0.25) is 0 Å². The second kappa shape index (κ2) is 10.6. The Hall–Kier alpha value is -1.22. The number of rotatable bonds is 10. The molecule has 0 aliphatic carbocycles. The van der Waals surface area contributed by atoms with Crippen molar-refractivity contribution in [3.63, 3.8) is 0 Å². The summed E-state index contributed by atoms with van der Waals surface area (Å²) in [6.45, 7) is 6.07. The Balaban J connectivity index is 2.12. The number of carbonyl (C=O) groups excluding carboxylic acids is 1. The van der Waals surface area contributed by atoms with Gasteiger partial charge in [0.2, 0.25) is 0 Å². The molecule has 0 fully saturated rings. The fourth-order valence-electron chi connectivity index (χ4n) is 1.76. The summed E-state index contributed by atoms with van der Waals surface area (Å²) >= 11 is 1.86. The summed E-state index contributed by atoms with van der Waals surface area (Å²) in [7, 11) is 0. The number of unbranched alkanes of at least 4 members (excludes halogenated alkanes) is 2. The van der Waals surface area contributed by atoms with Crippen LogP contribution in [-0.4, -0.2) is 18.3 Å². The van der Waals surface area contributed by atoms with E-state index in [4.69, 9.17) is 4.74 Å². The highest BCUT2D eigenvalue weighted by molar-refractivity contribution is 7.99. The van der Waals surface area contributed by atoms with Gasteiger partial charge in [0, 0.05) is 11.0 Å². The van der Waals surface area contributed by atoms with Crippen molar-refractivity contribution in [2.45, 2.75) is 43.9 Å². The fourth-order valence-corrected chi connectivity index (χ4v) is 2.67. The number of benzene rings is 1. The molecule has 0 heterocycles. The molecule has 0 amide bonds. The van der Waals surface area contributed by atoms with Gasteiger partial charge in [-0.2, -0.15) is 0 Å². The molecule has 3 heteroatoms. The van der Waals surface area contributed by atoms with Gasteiger partial charge in [0.05, 0.1) is 6.61 Å². The average molecular weight is 292 g/mol. The van der Waals surface area contributed by atoms with E-state index < -0.39 is 0 Å². The first kappa shape index (κ1) is 16.8. The van der Waals surface area contributed by atoms with E-state index in [-0.39, 0.29) is 5.97 Å². The van der Waals surface area contributed by atoms with E-state index in [1.54, 1.807) is 0 Å². The molecule has 110 valence electrons. The molecular formula is C17H24O2S. The Labute approximate surface area is 126 Å². The maximum Gasteiger partial charge on any atom is 0.330 e. The van der Waals surface area contributed by atoms with Crippen LogP contribution >= 0.6 is 11.8 Å². The van der Waals surface area contributed by atoms with Crippen molar-refractivity contribution in [1.29, 1.82) is 0 Å². The van der Waals surface area contributed by atoms with Crippen LogP contribution in [0, 0.1) is 0 Å². The first-order valence-electron chi connectivity index (χ1n) is 7.27. The number of aryl methyl sites for hydroxylation is 1. The summed E-state index contributed by atoms with van der Waals surface area (Å²) in [5.74, 6) is 0.722. The third-order valence-corrected chi connectivity index (χ3v) is 4.06. The van der Waals surface area contributed by atoms with Crippen LogP contribution in [0.4, 0.5) is 0 Å². The van der Waals surface area contributed by atoms with Crippen LogP contribution in [0.15, 0.2) is 41.8 Å². The molecule has 0 aliphatic heterocycles. The van der Waals surface area contributed by atoms with Crippen molar-refractivity contribution in [2.75, 3.05) is 12.4 Å². The molecule has 2 nitrogen and oxygen atoms in total. The van der Waals surface area contributed by atoms with E-state index in [2.05, 4.69) is 37.8 Å². The highest BCUT2D eigenvalue weighted by Gasteiger charge is 1.98. The third kappa shape index (κ3) is 7.39. The SMILES string of the molecule is C=CC(=O)OCCCCSc1ccc(CCCC)cc1. The Kier molecular flexibility index (Phi) is 8.88. The van der Waals surface area contributed by atoms with Crippen molar-refractivity contribution in [3.8, 4) is 0 Å². The van der Waals surface area contributed by atoms with Crippen molar-refractivity contribution in [1.82, 2.24) is 0 Å². The minimum atomic E-state index is -0.333. The normalized spacial score (nSPS) is 10.2. The van der Waals surface area contributed by atoms with Gasteiger partial charge in [0.1, 0.15) is 0 Å². The maximum atomic E-state index is 10.8. The number of ether oxygens (including phenoxy) is 1. The van der Waals surface area contributed by atoms with Gasteiger partial charge in [0.25, 0.3) is 0 Å². The van der Waals surface area contributed by atoms with Gasteiger partial charge in [-0.05, 0) is 49.1 Å². The second-order valence-electron chi connectivity index (χ2n) is 4.67. The number of hydrogen-bond acceptors (Lipinski definition) is 3. The van der Waals surface area contributed by atoms with Crippen LogP contribution in [0.25, 0.3) is 0 Å². The van der Waals surface area contributed by atoms with E-state index in [1.165, 1.54) is 35.8 Å². The molecule has 1 aromatic rings. The van der Waals surface area contributed by atoms with Crippen molar-refractivity contribution in [2.24, 2.45) is 0 Å². The lowest BCUT2D eigenvalue weighted by Crippen LogP contribution is -2.01. The Morgan fingerprint density at radius 3 is 2.65 bits per heavy atom. The van der Waals surface area contributed by atoms with Crippen LogP contribution in [-0.2, 0) is 16.0 Å². The molecule has 0 unspecified atom stereocenters. The van der Waals surface area contributed by atoms with Crippen molar-refractivity contribution in [3.05, 3.63) is 42.5 Å². The van der Waals surface area contributed by atoms with Gasteiger partial charge in [-0.25, -0.2) is 4.79 Å². The molecule has 0 spiro atoms. The highest BCUT2D eigenvalue weighted by atomic mass is 32.2. The largest absolute Gasteiger partial charge is 0.463 e. The molecule has 0 radical (unpaired) electrons. The van der Waals surface area contributed by atoms with Crippen molar-refractivity contribution < 1.29 is 9.53 Å². The summed E-state index contributed by atoms with van der Waals surface area (Å²) in [5, 5.41) is 0. The zero-order valence-corrected chi connectivity index (χ0v) is 13.1. The predicted octanol–water partition coefficient (Wildman–Crippen LogP) is 4.63.